The quantitative estimate of drug-likeness (QED) is 0.457. The fourth-order valence-corrected chi connectivity index (χ4v) is 3.44. The van der Waals surface area contributed by atoms with Gasteiger partial charge in [-0.2, -0.15) is 39.5 Å². The maximum Gasteiger partial charge on any atom is 0.460 e. The van der Waals surface area contributed by atoms with Crippen LogP contribution in [0.25, 0.3) is 0 Å². The molecule has 0 radical (unpaired) electrons. The second kappa shape index (κ2) is 7.67. The summed E-state index contributed by atoms with van der Waals surface area (Å²) in [6, 6.07) is 6.66. The van der Waals surface area contributed by atoms with Gasteiger partial charge in [0.2, 0.25) is 0 Å². The van der Waals surface area contributed by atoms with Crippen molar-refractivity contribution in [3.63, 3.8) is 0 Å². The van der Waals surface area contributed by atoms with Crippen LogP contribution in [0.15, 0.2) is 24.3 Å². The normalized spacial score (nSPS) is 22.2. The molecule has 0 saturated heterocycles. The highest BCUT2D eigenvalue weighted by Crippen LogP contribution is 2.57. The second-order valence-electron chi connectivity index (χ2n) is 6.82. The van der Waals surface area contributed by atoms with E-state index in [4.69, 9.17) is 4.74 Å². The van der Waals surface area contributed by atoms with Gasteiger partial charge in [0.25, 0.3) is 0 Å². The average molecular weight is 422 g/mol. The SMILES string of the molecule is CCOc1ccc(C2CCC(C(F)(F)C(F)(F)C(F)(F)C(F)(F)F)CC2)cc1. The number of hydrogen-bond donors (Lipinski definition) is 0. The molecule has 0 aliphatic heterocycles. The second-order valence-corrected chi connectivity index (χ2v) is 6.82. The highest BCUT2D eigenvalue weighted by Gasteiger charge is 2.82. The number of hydrogen-bond acceptors (Lipinski definition) is 1. The van der Waals surface area contributed by atoms with Gasteiger partial charge in [0.05, 0.1) is 6.61 Å². The van der Waals surface area contributed by atoms with Gasteiger partial charge in [0, 0.05) is 5.92 Å². The van der Waals surface area contributed by atoms with E-state index in [2.05, 4.69) is 0 Å². The molecule has 0 N–H and O–H groups in total. The van der Waals surface area contributed by atoms with Gasteiger partial charge in [0.1, 0.15) is 5.75 Å². The Morgan fingerprint density at radius 1 is 0.786 bits per heavy atom. The molecule has 0 heterocycles. The third-order valence-corrected chi connectivity index (χ3v) is 5.07. The van der Waals surface area contributed by atoms with Crippen molar-refractivity contribution in [2.24, 2.45) is 5.92 Å². The highest BCUT2D eigenvalue weighted by atomic mass is 19.4. The smallest absolute Gasteiger partial charge is 0.460 e. The van der Waals surface area contributed by atoms with E-state index in [0.29, 0.717) is 12.4 Å². The predicted octanol–water partition coefficient (Wildman–Crippen LogP) is 6.83. The van der Waals surface area contributed by atoms with E-state index in [9.17, 15) is 39.5 Å². The molecule has 28 heavy (non-hydrogen) atoms. The van der Waals surface area contributed by atoms with Crippen molar-refractivity contribution in [1.29, 1.82) is 0 Å². The maximum atomic E-state index is 14.0. The van der Waals surface area contributed by atoms with Crippen molar-refractivity contribution < 1.29 is 44.3 Å². The lowest BCUT2D eigenvalue weighted by Gasteiger charge is -2.40. The monoisotopic (exact) mass is 422 g/mol. The summed E-state index contributed by atoms with van der Waals surface area (Å²) in [7, 11) is 0. The Kier molecular flexibility index (Phi) is 6.21. The van der Waals surface area contributed by atoms with Gasteiger partial charge < -0.3 is 4.74 Å². The summed E-state index contributed by atoms with van der Waals surface area (Å²) in [4.78, 5) is 0. The van der Waals surface area contributed by atoms with Crippen molar-refractivity contribution in [2.45, 2.75) is 62.5 Å². The minimum atomic E-state index is -6.82. The van der Waals surface area contributed by atoms with Crippen molar-refractivity contribution in [3.05, 3.63) is 29.8 Å². The van der Waals surface area contributed by atoms with Gasteiger partial charge in [-0.3, -0.25) is 0 Å². The zero-order valence-electron chi connectivity index (χ0n) is 14.8. The first-order valence-electron chi connectivity index (χ1n) is 8.68. The molecule has 1 aliphatic rings. The number of ether oxygens (including phenoxy) is 1. The van der Waals surface area contributed by atoms with Crippen LogP contribution < -0.4 is 4.74 Å². The van der Waals surface area contributed by atoms with Gasteiger partial charge in [-0.1, -0.05) is 12.1 Å². The van der Waals surface area contributed by atoms with Gasteiger partial charge in [-0.05, 0) is 56.2 Å². The summed E-state index contributed by atoms with van der Waals surface area (Å²) < 4.78 is 123. The fraction of sp³-hybridized carbons (Fsp3) is 0.667. The lowest BCUT2D eigenvalue weighted by Crippen LogP contribution is -2.63. The van der Waals surface area contributed by atoms with E-state index in [1.165, 1.54) is 0 Å². The largest absolute Gasteiger partial charge is 0.494 e. The van der Waals surface area contributed by atoms with Crippen LogP contribution >= 0.6 is 0 Å². The minimum absolute atomic E-state index is 0.0259. The molecule has 0 aromatic heterocycles. The average Bonchev–Trinajstić information content (AvgIpc) is 2.61. The molecule has 0 amide bonds. The van der Waals surface area contributed by atoms with Gasteiger partial charge in [0.15, 0.2) is 0 Å². The van der Waals surface area contributed by atoms with E-state index < -0.39 is 42.7 Å². The first-order valence-corrected chi connectivity index (χ1v) is 8.68. The molecule has 1 aromatic carbocycles. The van der Waals surface area contributed by atoms with Crippen LogP contribution in [0.5, 0.6) is 5.75 Å². The first kappa shape index (κ1) is 22.7. The summed E-state index contributed by atoms with van der Waals surface area (Å²) in [5.74, 6) is -20.8. The molecule has 0 atom stereocenters. The fourth-order valence-electron chi connectivity index (χ4n) is 3.44. The van der Waals surface area contributed by atoms with Crippen molar-refractivity contribution >= 4 is 0 Å². The maximum absolute atomic E-state index is 14.0. The van der Waals surface area contributed by atoms with Crippen LogP contribution in [-0.4, -0.2) is 30.6 Å². The summed E-state index contributed by atoms with van der Waals surface area (Å²) >= 11 is 0. The lowest BCUT2D eigenvalue weighted by molar-refractivity contribution is -0.404. The Hall–Kier alpha value is -1.61. The van der Waals surface area contributed by atoms with Gasteiger partial charge in [-0.15, -0.1) is 0 Å². The van der Waals surface area contributed by atoms with Crippen LogP contribution in [0.1, 0.15) is 44.1 Å². The molecule has 1 aromatic rings. The van der Waals surface area contributed by atoms with Gasteiger partial charge in [-0.25, -0.2) is 0 Å². The van der Waals surface area contributed by atoms with Gasteiger partial charge >= 0.3 is 23.9 Å². The van der Waals surface area contributed by atoms with Crippen LogP contribution in [0.4, 0.5) is 39.5 Å². The Morgan fingerprint density at radius 2 is 1.29 bits per heavy atom. The van der Waals surface area contributed by atoms with Crippen LogP contribution in [0.3, 0.4) is 0 Å². The summed E-state index contributed by atoms with van der Waals surface area (Å²) in [6.07, 6.45) is -8.01. The third-order valence-electron chi connectivity index (χ3n) is 5.07. The summed E-state index contributed by atoms with van der Waals surface area (Å²) in [6.45, 7) is 2.23. The minimum Gasteiger partial charge on any atom is -0.494 e. The molecule has 1 nitrogen and oxygen atoms in total. The van der Waals surface area contributed by atoms with E-state index >= 15 is 0 Å². The third kappa shape index (κ3) is 3.91. The predicted molar refractivity (Wildman–Crippen MR) is 83.2 cm³/mol. The summed E-state index contributed by atoms with van der Waals surface area (Å²) in [5, 5.41) is 0. The van der Waals surface area contributed by atoms with Crippen molar-refractivity contribution in [1.82, 2.24) is 0 Å². The van der Waals surface area contributed by atoms with Crippen molar-refractivity contribution in [3.8, 4) is 5.75 Å². The Labute approximate surface area is 155 Å². The highest BCUT2D eigenvalue weighted by molar-refractivity contribution is 5.29. The Bertz CT molecular complexity index is 644. The zero-order valence-corrected chi connectivity index (χ0v) is 14.8. The summed E-state index contributed by atoms with van der Waals surface area (Å²) in [5.41, 5.74) is 0.734. The molecule has 1 saturated carbocycles. The molecule has 0 spiro atoms. The molecule has 1 aliphatic carbocycles. The van der Waals surface area contributed by atoms with Crippen LogP contribution in [0, 0.1) is 5.92 Å². The first-order chi connectivity index (χ1) is 12.8. The molecule has 2 rings (SSSR count). The molecular weight excluding hydrogens is 403 g/mol. The zero-order chi connectivity index (χ0) is 21.4. The van der Waals surface area contributed by atoms with Crippen molar-refractivity contribution in [2.75, 3.05) is 6.61 Å². The van der Waals surface area contributed by atoms with E-state index in [-0.39, 0.29) is 18.8 Å². The number of rotatable bonds is 6. The standard InChI is InChI=1S/C18H19F9O/c1-2-28-14-9-5-12(6-10-14)11-3-7-13(8-4-11)15(19,20)16(21,22)17(23,24)18(25,26)27/h5-6,9-11,13H,2-4,7-8H2,1H3. The molecular formula is C18H19F9O. The van der Waals surface area contributed by atoms with E-state index in [1.807, 2.05) is 0 Å². The topological polar surface area (TPSA) is 9.23 Å². The molecule has 10 heteroatoms. The molecule has 1 fully saturated rings. The molecule has 0 bridgehead atoms. The number of benzene rings is 1. The number of alkyl halides is 9. The van der Waals surface area contributed by atoms with Crippen LogP contribution in [-0.2, 0) is 0 Å². The molecule has 160 valence electrons. The molecule has 0 unspecified atom stereocenters. The Morgan fingerprint density at radius 3 is 1.71 bits per heavy atom. The Balaban J connectivity index is 2.10. The number of halogens is 9. The van der Waals surface area contributed by atoms with E-state index in [1.54, 1.807) is 31.2 Å². The van der Waals surface area contributed by atoms with E-state index in [0.717, 1.165) is 5.56 Å². The lowest BCUT2D eigenvalue weighted by atomic mass is 9.74. The van der Waals surface area contributed by atoms with Crippen LogP contribution in [0.2, 0.25) is 0 Å².